The molecule has 17 aromatic carbocycles. The summed E-state index contributed by atoms with van der Waals surface area (Å²) in [6.07, 6.45) is 0. The molecule has 0 saturated carbocycles. The minimum atomic E-state index is 0.607. The van der Waals surface area contributed by atoms with E-state index >= 15 is 0 Å². The Balaban J connectivity index is 0.000000132. The number of para-hydroxylation sites is 8. The first kappa shape index (κ1) is 63.5. The topological polar surface area (TPSA) is 98.5 Å². The van der Waals surface area contributed by atoms with E-state index in [2.05, 4.69) is 350 Å². The maximum absolute atomic E-state index is 10.9. The van der Waals surface area contributed by atoms with Gasteiger partial charge in [-0.05, 0) is 156 Å². The van der Waals surface area contributed by atoms with Crippen LogP contribution in [0.3, 0.4) is 0 Å². The number of hydrogen-bond acceptors (Lipinski definition) is 5. The van der Waals surface area contributed by atoms with Gasteiger partial charge in [0.25, 0.3) is 0 Å². The highest BCUT2D eigenvalue weighted by Crippen LogP contribution is 2.48. The number of nitrogens with zero attached hydrogens (tertiary/aromatic N) is 7. The molecular formula is C104H59N7O2S. The minimum Gasteiger partial charge on any atom is -0.456 e. The summed E-state index contributed by atoms with van der Waals surface area (Å²) >= 11 is 1.86. The van der Waals surface area contributed by atoms with Gasteiger partial charge in [-0.15, -0.1) is 11.3 Å². The smallest absolute Gasteiger partial charge is 0.145 e. The van der Waals surface area contributed by atoms with Crippen molar-refractivity contribution in [1.82, 2.24) is 22.8 Å². The molecule has 0 aliphatic heterocycles. The fourth-order valence-electron chi connectivity index (χ4n) is 18.7. The van der Waals surface area contributed by atoms with Gasteiger partial charge in [-0.2, -0.15) is 10.5 Å². The number of hydrogen-bond donors (Lipinski definition) is 0. The molecule has 0 saturated heterocycles. The van der Waals surface area contributed by atoms with Crippen molar-refractivity contribution in [3.63, 3.8) is 0 Å². The molecule has 9 nitrogen and oxygen atoms in total. The Morgan fingerprint density at radius 3 is 1.23 bits per heavy atom. The van der Waals surface area contributed by atoms with E-state index in [4.69, 9.17) is 8.83 Å². The Labute approximate surface area is 654 Å². The zero-order chi connectivity index (χ0) is 75.0. The average molecular weight is 1470 g/mol. The predicted octanol–water partition coefficient (Wildman–Crippen LogP) is 28.1. The Morgan fingerprint density at radius 1 is 0.237 bits per heavy atom. The summed E-state index contributed by atoms with van der Waals surface area (Å²) in [6.45, 7) is 0. The van der Waals surface area contributed by atoms with E-state index in [0.29, 0.717) is 11.1 Å². The van der Waals surface area contributed by atoms with Crippen LogP contribution in [0, 0.1) is 22.7 Å². The Hall–Kier alpha value is -15.5. The number of nitriles is 2. The van der Waals surface area contributed by atoms with Crippen molar-refractivity contribution in [3.05, 3.63) is 369 Å². The lowest BCUT2D eigenvalue weighted by Crippen LogP contribution is -2.01. The third-order valence-corrected chi connectivity index (χ3v) is 24.8. The van der Waals surface area contributed by atoms with Crippen LogP contribution >= 0.6 is 11.3 Å². The van der Waals surface area contributed by atoms with E-state index in [1.807, 2.05) is 53.8 Å². The van der Waals surface area contributed by atoms with E-state index < -0.39 is 0 Å². The summed E-state index contributed by atoms with van der Waals surface area (Å²) in [6, 6.07) is 131. The summed E-state index contributed by atoms with van der Waals surface area (Å²) in [4.78, 5) is 0. The number of rotatable bonds is 7. The minimum absolute atomic E-state index is 0.607. The molecule has 0 amide bonds. The molecule has 528 valence electrons. The second kappa shape index (κ2) is 24.5. The number of aromatic nitrogens is 5. The average Bonchev–Trinajstić information content (AvgIpc) is 1.56. The molecule has 0 unspecified atom stereocenters. The van der Waals surface area contributed by atoms with Crippen LogP contribution < -0.4 is 0 Å². The molecule has 0 radical (unpaired) electrons. The van der Waals surface area contributed by atoms with Gasteiger partial charge in [0.05, 0.1) is 93.1 Å². The van der Waals surface area contributed by atoms with Crippen LogP contribution in [-0.4, -0.2) is 22.8 Å². The Kier molecular flexibility index (Phi) is 13.7. The molecule has 0 aliphatic rings. The molecular weight excluding hydrogens is 1410 g/mol. The summed E-state index contributed by atoms with van der Waals surface area (Å²) in [5, 5.41) is 40.3. The van der Waals surface area contributed by atoms with Gasteiger partial charge in [0.15, 0.2) is 0 Å². The molecule has 0 aliphatic carbocycles. The highest BCUT2D eigenvalue weighted by Gasteiger charge is 2.27. The number of benzene rings is 17. The molecule has 0 atom stereocenters. The lowest BCUT2D eigenvalue weighted by atomic mass is 10.0. The SMILES string of the molecule is N#Cc1cc(-c2ccc(-n3c4ccccc4c4ccc5c6ccccc6sc5c43)cc2)ccc1-n1c2ccccc2c2c3oc4ccccc4c3ccc21.N#Cc1cc(-c2ccc(-n3c4ccccc4c4ccc5oc6ccccc6c5c43)cc2)ccc1-n1c2ccccc2c2ccc3c4ccccc4n(-c4ccccc4)c3c21. The summed E-state index contributed by atoms with van der Waals surface area (Å²) < 4.78 is 27.1. The van der Waals surface area contributed by atoms with Crippen LogP contribution in [0.2, 0.25) is 0 Å². The van der Waals surface area contributed by atoms with E-state index in [-0.39, 0.29) is 0 Å². The predicted molar refractivity (Wildman–Crippen MR) is 472 cm³/mol. The fourth-order valence-corrected chi connectivity index (χ4v) is 20.0. The Bertz CT molecular complexity index is 8510. The van der Waals surface area contributed by atoms with Crippen molar-refractivity contribution >= 4 is 184 Å². The standard InChI is InChI=1S/C55H32N4O.C49H27N3OS/c56-33-36-32-35(34-22-25-38(26-23-34)57-47-18-8-4-14-39(47)42-29-31-51-52(53(42)57)45-17-7-11-21-50(45)60-51)24-30-46(36)59-49-20-10-6-16-41(49)44-28-27-43-40-15-5-9-19-48(40)58(54(43)55(44)59)37-12-2-1-3-13-37;50-28-31-27-30(19-25-40(31)52-42-14-6-2-12-39(42)46-43(52)26-24-37-34-10-3-7-15-44(34)53-48(37)46)29-17-20-32(21-18-29)51-41-13-5-1-9-33(41)36-22-23-38-35-11-4-8-16-45(35)54-49(38)47(36)51/h1-32H;1-27H. The fraction of sp³-hybridized carbons (Fsp3) is 0. The largest absolute Gasteiger partial charge is 0.456 e. The quantitative estimate of drug-likeness (QED) is 0.159. The summed E-state index contributed by atoms with van der Waals surface area (Å²) in [5.41, 5.74) is 24.9. The highest BCUT2D eigenvalue weighted by atomic mass is 32.1. The maximum atomic E-state index is 10.9. The molecule has 25 aromatic rings. The van der Waals surface area contributed by atoms with Crippen molar-refractivity contribution in [2.75, 3.05) is 0 Å². The first-order chi connectivity index (χ1) is 56.5. The van der Waals surface area contributed by atoms with E-state index in [9.17, 15) is 10.5 Å². The molecule has 8 heterocycles. The highest BCUT2D eigenvalue weighted by molar-refractivity contribution is 7.26. The molecule has 0 bridgehead atoms. The van der Waals surface area contributed by atoms with Crippen LogP contribution in [0.25, 0.3) is 224 Å². The van der Waals surface area contributed by atoms with E-state index in [0.717, 1.165) is 160 Å². The van der Waals surface area contributed by atoms with E-state index in [1.165, 1.54) is 63.5 Å². The van der Waals surface area contributed by atoms with Crippen LogP contribution in [0.1, 0.15) is 11.1 Å². The monoisotopic (exact) mass is 1470 g/mol. The summed E-state index contributed by atoms with van der Waals surface area (Å²) in [5.74, 6) is 0. The lowest BCUT2D eigenvalue weighted by Gasteiger charge is -2.15. The Morgan fingerprint density at radius 2 is 0.640 bits per heavy atom. The van der Waals surface area contributed by atoms with Crippen LogP contribution in [-0.2, 0) is 0 Å². The van der Waals surface area contributed by atoms with Crippen molar-refractivity contribution in [3.8, 4) is 62.8 Å². The normalized spacial score (nSPS) is 12.0. The second-order valence-electron chi connectivity index (χ2n) is 29.5. The van der Waals surface area contributed by atoms with Crippen molar-refractivity contribution in [1.29, 1.82) is 10.5 Å². The van der Waals surface area contributed by atoms with Gasteiger partial charge in [0.2, 0.25) is 0 Å². The summed E-state index contributed by atoms with van der Waals surface area (Å²) in [7, 11) is 0. The van der Waals surface area contributed by atoms with Gasteiger partial charge in [-0.1, -0.05) is 224 Å². The lowest BCUT2D eigenvalue weighted by molar-refractivity contribution is 0.669. The van der Waals surface area contributed by atoms with Crippen molar-refractivity contribution < 1.29 is 8.83 Å². The second-order valence-corrected chi connectivity index (χ2v) is 30.6. The van der Waals surface area contributed by atoms with Gasteiger partial charge in [0, 0.05) is 97.2 Å². The first-order valence-electron chi connectivity index (χ1n) is 38.3. The van der Waals surface area contributed by atoms with Crippen molar-refractivity contribution in [2.45, 2.75) is 0 Å². The molecule has 114 heavy (non-hydrogen) atoms. The first-order valence-corrected chi connectivity index (χ1v) is 39.1. The third kappa shape index (κ3) is 9.14. The third-order valence-electron chi connectivity index (χ3n) is 23.7. The zero-order valence-corrected chi connectivity index (χ0v) is 61.7. The number of furan rings is 2. The van der Waals surface area contributed by atoms with Gasteiger partial charge in [-0.3, -0.25) is 0 Å². The van der Waals surface area contributed by atoms with Crippen LogP contribution in [0.5, 0.6) is 0 Å². The number of fused-ring (bicyclic) bond motifs is 28. The molecule has 0 N–H and O–H groups in total. The molecule has 25 rings (SSSR count). The van der Waals surface area contributed by atoms with Crippen LogP contribution in [0.4, 0.5) is 0 Å². The molecule has 0 spiro atoms. The maximum Gasteiger partial charge on any atom is 0.145 e. The zero-order valence-electron chi connectivity index (χ0n) is 60.9. The number of thiophene rings is 1. The van der Waals surface area contributed by atoms with Gasteiger partial charge in [0.1, 0.15) is 34.5 Å². The molecule has 0 fully saturated rings. The van der Waals surface area contributed by atoms with E-state index in [1.54, 1.807) is 0 Å². The molecule has 10 heteroatoms. The molecule has 8 aromatic heterocycles. The van der Waals surface area contributed by atoms with Gasteiger partial charge in [-0.25, -0.2) is 0 Å². The van der Waals surface area contributed by atoms with Gasteiger partial charge >= 0.3 is 0 Å². The van der Waals surface area contributed by atoms with Gasteiger partial charge < -0.3 is 31.7 Å². The van der Waals surface area contributed by atoms with Crippen molar-refractivity contribution in [2.24, 2.45) is 0 Å². The van der Waals surface area contributed by atoms with Crippen LogP contribution in [0.15, 0.2) is 367 Å².